The molecule has 1 N–H and O–H groups in total. The van der Waals surface area contributed by atoms with Gasteiger partial charge in [-0.1, -0.05) is 18.2 Å². The van der Waals surface area contributed by atoms with Gasteiger partial charge in [-0.05, 0) is 55.2 Å². The highest BCUT2D eigenvalue weighted by atomic mass is 32.2. The van der Waals surface area contributed by atoms with Crippen molar-refractivity contribution >= 4 is 15.9 Å². The van der Waals surface area contributed by atoms with Crippen LogP contribution in [0.15, 0.2) is 53.4 Å². The Morgan fingerprint density at radius 1 is 1.08 bits per heavy atom. The van der Waals surface area contributed by atoms with E-state index in [0.29, 0.717) is 31.6 Å². The second kappa shape index (κ2) is 7.97. The van der Waals surface area contributed by atoms with Crippen LogP contribution in [-0.4, -0.2) is 38.3 Å². The first kappa shape index (κ1) is 18.5. The molecule has 5 nitrogen and oxygen atoms in total. The van der Waals surface area contributed by atoms with E-state index < -0.39 is 10.0 Å². The van der Waals surface area contributed by atoms with E-state index >= 15 is 0 Å². The number of rotatable bonds is 6. The number of hydrogen-bond acceptors (Lipinski definition) is 3. The molecule has 1 saturated heterocycles. The molecule has 0 unspecified atom stereocenters. The first-order chi connectivity index (χ1) is 12.5. The maximum absolute atomic E-state index is 12.9. The molecule has 1 aliphatic heterocycles. The van der Waals surface area contributed by atoms with Crippen molar-refractivity contribution in [1.29, 1.82) is 0 Å². The molecule has 0 saturated carbocycles. The molecule has 0 aliphatic carbocycles. The van der Waals surface area contributed by atoms with E-state index in [1.54, 1.807) is 24.3 Å². The van der Waals surface area contributed by atoms with Crippen molar-refractivity contribution < 1.29 is 17.6 Å². The first-order valence-corrected chi connectivity index (χ1v) is 10.0. The average Bonchev–Trinajstić information content (AvgIpc) is 3.19. The molecule has 0 atom stereocenters. The molecule has 1 amide bonds. The van der Waals surface area contributed by atoms with Crippen molar-refractivity contribution in [3.8, 4) is 0 Å². The lowest BCUT2D eigenvalue weighted by molar-refractivity contribution is 0.0954. The van der Waals surface area contributed by atoms with E-state index in [4.69, 9.17) is 0 Å². The third-order valence-electron chi connectivity index (χ3n) is 4.41. The molecule has 26 heavy (non-hydrogen) atoms. The number of amides is 1. The van der Waals surface area contributed by atoms with Crippen molar-refractivity contribution in [2.24, 2.45) is 0 Å². The van der Waals surface area contributed by atoms with Gasteiger partial charge >= 0.3 is 0 Å². The minimum absolute atomic E-state index is 0.144. The standard InChI is InChI=1S/C19H21FN2O3S/c20-17-8-6-15(7-9-17)10-11-21-19(23)16-4-3-5-18(14-16)26(24,25)22-12-1-2-13-22/h3-9,14H,1-2,10-13H2,(H,21,23). The predicted octanol–water partition coefficient (Wildman–Crippen LogP) is 2.58. The van der Waals surface area contributed by atoms with Crippen molar-refractivity contribution in [2.75, 3.05) is 19.6 Å². The van der Waals surface area contributed by atoms with E-state index in [-0.39, 0.29) is 16.6 Å². The Labute approximate surface area is 152 Å². The smallest absolute Gasteiger partial charge is 0.251 e. The van der Waals surface area contributed by atoms with Gasteiger partial charge in [-0.3, -0.25) is 4.79 Å². The number of hydrogen-bond donors (Lipinski definition) is 1. The molecule has 0 bridgehead atoms. The normalized spacial score (nSPS) is 15.1. The van der Waals surface area contributed by atoms with Gasteiger partial charge in [0.05, 0.1) is 4.90 Å². The Kier molecular flexibility index (Phi) is 5.68. The van der Waals surface area contributed by atoms with Crippen LogP contribution >= 0.6 is 0 Å². The summed E-state index contributed by atoms with van der Waals surface area (Å²) in [7, 11) is -3.54. The largest absolute Gasteiger partial charge is 0.352 e. The van der Waals surface area contributed by atoms with Gasteiger partial charge in [-0.2, -0.15) is 4.31 Å². The van der Waals surface area contributed by atoms with Crippen LogP contribution in [0.4, 0.5) is 4.39 Å². The maximum Gasteiger partial charge on any atom is 0.251 e. The fraction of sp³-hybridized carbons (Fsp3) is 0.316. The van der Waals surface area contributed by atoms with Gasteiger partial charge < -0.3 is 5.32 Å². The van der Waals surface area contributed by atoms with E-state index in [0.717, 1.165) is 18.4 Å². The zero-order chi connectivity index (χ0) is 18.6. The fourth-order valence-electron chi connectivity index (χ4n) is 2.95. The molecule has 7 heteroatoms. The highest BCUT2D eigenvalue weighted by Crippen LogP contribution is 2.21. The molecule has 2 aromatic rings. The van der Waals surface area contributed by atoms with Crippen LogP contribution < -0.4 is 5.32 Å². The monoisotopic (exact) mass is 376 g/mol. The fourth-order valence-corrected chi connectivity index (χ4v) is 4.51. The van der Waals surface area contributed by atoms with Crippen LogP contribution in [0.25, 0.3) is 0 Å². The molecule has 1 heterocycles. The highest BCUT2D eigenvalue weighted by Gasteiger charge is 2.27. The summed E-state index contributed by atoms with van der Waals surface area (Å²) in [6, 6.07) is 12.2. The maximum atomic E-state index is 12.9. The summed E-state index contributed by atoms with van der Waals surface area (Å²) < 4.78 is 39.5. The molecule has 138 valence electrons. The lowest BCUT2D eigenvalue weighted by Crippen LogP contribution is -2.29. The second-order valence-corrected chi connectivity index (χ2v) is 8.21. The van der Waals surface area contributed by atoms with Crippen molar-refractivity contribution in [2.45, 2.75) is 24.2 Å². The van der Waals surface area contributed by atoms with E-state index in [2.05, 4.69) is 5.32 Å². The SMILES string of the molecule is O=C(NCCc1ccc(F)cc1)c1cccc(S(=O)(=O)N2CCCC2)c1. The molecule has 3 rings (SSSR count). The van der Waals surface area contributed by atoms with Gasteiger partial charge in [0.2, 0.25) is 10.0 Å². The van der Waals surface area contributed by atoms with E-state index in [1.165, 1.54) is 28.6 Å². The van der Waals surface area contributed by atoms with Crippen molar-refractivity contribution in [1.82, 2.24) is 9.62 Å². The molecule has 0 aromatic heterocycles. The summed E-state index contributed by atoms with van der Waals surface area (Å²) >= 11 is 0. The van der Waals surface area contributed by atoms with Crippen molar-refractivity contribution in [3.05, 3.63) is 65.5 Å². The number of sulfonamides is 1. The van der Waals surface area contributed by atoms with Crippen LogP contribution in [-0.2, 0) is 16.4 Å². The Morgan fingerprint density at radius 2 is 1.77 bits per heavy atom. The lowest BCUT2D eigenvalue weighted by atomic mass is 10.1. The summed E-state index contributed by atoms with van der Waals surface area (Å²) in [4.78, 5) is 12.5. The van der Waals surface area contributed by atoms with Crippen LogP contribution in [0.2, 0.25) is 0 Å². The van der Waals surface area contributed by atoms with Crippen molar-refractivity contribution in [3.63, 3.8) is 0 Å². The number of carbonyl (C=O) groups excluding carboxylic acids is 1. The van der Waals surface area contributed by atoms with Gasteiger partial charge in [0.1, 0.15) is 5.82 Å². The number of nitrogens with one attached hydrogen (secondary N) is 1. The molecule has 1 aliphatic rings. The molecular formula is C19H21FN2O3S. The average molecular weight is 376 g/mol. The summed E-state index contributed by atoms with van der Waals surface area (Å²) in [5.74, 6) is -0.626. The molecule has 2 aromatic carbocycles. The molecule has 1 fully saturated rings. The van der Waals surface area contributed by atoms with Crippen LogP contribution in [0.3, 0.4) is 0 Å². The first-order valence-electron chi connectivity index (χ1n) is 8.60. The quantitative estimate of drug-likeness (QED) is 0.843. The van der Waals surface area contributed by atoms with Gasteiger partial charge in [0, 0.05) is 25.2 Å². The molecule has 0 spiro atoms. The predicted molar refractivity (Wildman–Crippen MR) is 96.9 cm³/mol. The topological polar surface area (TPSA) is 66.5 Å². The lowest BCUT2D eigenvalue weighted by Gasteiger charge is -2.16. The van der Waals surface area contributed by atoms with Crippen LogP contribution in [0, 0.1) is 5.82 Å². The summed E-state index contributed by atoms with van der Waals surface area (Å²) in [6.07, 6.45) is 2.30. The zero-order valence-corrected chi connectivity index (χ0v) is 15.1. The number of carbonyl (C=O) groups is 1. The second-order valence-electron chi connectivity index (χ2n) is 6.27. The Balaban J connectivity index is 1.63. The molecule has 0 radical (unpaired) electrons. The number of halogens is 1. The summed E-state index contributed by atoms with van der Waals surface area (Å²) in [5, 5.41) is 2.77. The summed E-state index contributed by atoms with van der Waals surface area (Å²) in [6.45, 7) is 1.43. The van der Waals surface area contributed by atoms with Crippen LogP contribution in [0.1, 0.15) is 28.8 Å². The molecular weight excluding hydrogens is 355 g/mol. The summed E-state index contributed by atoms with van der Waals surface area (Å²) in [5.41, 5.74) is 1.22. The van der Waals surface area contributed by atoms with E-state index in [1.807, 2.05) is 0 Å². The van der Waals surface area contributed by atoms with Gasteiger partial charge in [-0.15, -0.1) is 0 Å². The van der Waals surface area contributed by atoms with Gasteiger partial charge in [0.15, 0.2) is 0 Å². The highest BCUT2D eigenvalue weighted by molar-refractivity contribution is 7.89. The Hall–Kier alpha value is -2.25. The minimum atomic E-state index is -3.54. The van der Waals surface area contributed by atoms with Gasteiger partial charge in [-0.25, -0.2) is 12.8 Å². The number of nitrogens with zero attached hydrogens (tertiary/aromatic N) is 1. The number of benzene rings is 2. The Morgan fingerprint density at radius 3 is 2.46 bits per heavy atom. The van der Waals surface area contributed by atoms with Crippen LogP contribution in [0.5, 0.6) is 0 Å². The zero-order valence-electron chi connectivity index (χ0n) is 14.3. The van der Waals surface area contributed by atoms with Gasteiger partial charge in [0.25, 0.3) is 5.91 Å². The minimum Gasteiger partial charge on any atom is -0.352 e. The Bertz CT molecular complexity index is 876. The third-order valence-corrected chi connectivity index (χ3v) is 6.31. The van der Waals surface area contributed by atoms with E-state index in [9.17, 15) is 17.6 Å². The third kappa shape index (κ3) is 4.28.